The Labute approximate surface area is 167 Å². The Morgan fingerprint density at radius 3 is 2.79 bits per heavy atom. The average molecular weight is 399 g/mol. The molecule has 0 saturated carbocycles. The van der Waals surface area contributed by atoms with Crippen LogP contribution >= 0.6 is 0 Å². The van der Waals surface area contributed by atoms with E-state index in [4.69, 9.17) is 9.47 Å². The molecule has 2 amide bonds. The van der Waals surface area contributed by atoms with Gasteiger partial charge in [0.15, 0.2) is 6.61 Å². The molecule has 1 aliphatic rings. The first-order chi connectivity index (χ1) is 14.1. The first kappa shape index (κ1) is 20.1. The second-order valence-corrected chi connectivity index (χ2v) is 6.21. The number of hydrogen-bond acceptors (Lipinski definition) is 7. The van der Waals surface area contributed by atoms with Crippen molar-refractivity contribution in [2.75, 3.05) is 26.8 Å². The summed E-state index contributed by atoms with van der Waals surface area (Å²) >= 11 is 0. The van der Waals surface area contributed by atoms with E-state index in [0.717, 1.165) is 0 Å². The molecule has 9 heteroatoms. The summed E-state index contributed by atoms with van der Waals surface area (Å²) in [6.07, 6.45) is 1.41. The van der Waals surface area contributed by atoms with Gasteiger partial charge in [0.1, 0.15) is 17.5 Å². The topological polar surface area (TPSA) is 107 Å². The van der Waals surface area contributed by atoms with Gasteiger partial charge in [0.05, 0.1) is 13.5 Å². The van der Waals surface area contributed by atoms with Crippen LogP contribution in [0, 0.1) is 0 Å². The van der Waals surface area contributed by atoms with Crippen molar-refractivity contribution in [1.29, 1.82) is 0 Å². The summed E-state index contributed by atoms with van der Waals surface area (Å²) in [6, 6.07) is 11.2. The third-order valence-corrected chi connectivity index (χ3v) is 4.27. The summed E-state index contributed by atoms with van der Waals surface area (Å²) in [7, 11) is 1.23. The lowest BCUT2D eigenvalue weighted by Crippen LogP contribution is -2.58. The number of pyridine rings is 1. The molecular weight excluding hydrogens is 378 g/mol. The maximum Gasteiger partial charge on any atom is 0.308 e. The zero-order valence-electron chi connectivity index (χ0n) is 15.9. The Hall–Kier alpha value is -3.62. The molecule has 1 fully saturated rings. The molecule has 1 atom stereocenters. The molecule has 1 N–H and O–H groups in total. The first-order valence-corrected chi connectivity index (χ1v) is 9.02. The van der Waals surface area contributed by atoms with Crippen molar-refractivity contribution in [3.63, 3.8) is 0 Å². The number of carbonyl (C=O) groups is 3. The van der Waals surface area contributed by atoms with E-state index in [1.54, 1.807) is 48.7 Å². The fourth-order valence-electron chi connectivity index (χ4n) is 2.84. The van der Waals surface area contributed by atoms with Gasteiger partial charge in [-0.15, -0.1) is 0 Å². The van der Waals surface area contributed by atoms with E-state index in [0.29, 0.717) is 30.5 Å². The molecule has 1 aromatic heterocycles. The van der Waals surface area contributed by atoms with E-state index in [-0.39, 0.29) is 18.9 Å². The van der Waals surface area contributed by atoms with E-state index < -0.39 is 17.9 Å². The number of aromatic nitrogens is 1. The number of carbonyl (C=O) groups excluding carboxylic acids is 3. The number of benzene rings is 1. The lowest BCUT2D eigenvalue weighted by atomic mass is 10.1. The van der Waals surface area contributed by atoms with Crippen molar-refractivity contribution in [2.24, 2.45) is 0 Å². The van der Waals surface area contributed by atoms with Crippen LogP contribution in [0.5, 0.6) is 17.4 Å². The molecule has 1 aliphatic heterocycles. The van der Waals surface area contributed by atoms with E-state index >= 15 is 0 Å². The van der Waals surface area contributed by atoms with E-state index in [2.05, 4.69) is 15.0 Å². The molecule has 152 valence electrons. The second kappa shape index (κ2) is 9.54. The highest BCUT2D eigenvalue weighted by atomic mass is 16.5. The average Bonchev–Trinajstić information content (AvgIpc) is 2.74. The van der Waals surface area contributed by atoms with Crippen LogP contribution in [0.25, 0.3) is 0 Å². The lowest BCUT2D eigenvalue weighted by Gasteiger charge is -2.34. The highest BCUT2D eigenvalue weighted by molar-refractivity contribution is 5.92. The van der Waals surface area contributed by atoms with Gasteiger partial charge >= 0.3 is 5.97 Å². The molecule has 29 heavy (non-hydrogen) atoms. The fraction of sp³-hybridized carbons (Fsp3) is 0.300. The van der Waals surface area contributed by atoms with E-state index in [1.807, 2.05) is 0 Å². The van der Waals surface area contributed by atoms with Crippen molar-refractivity contribution < 1.29 is 28.6 Å². The molecule has 1 aromatic carbocycles. The maximum atomic E-state index is 12.6. The minimum absolute atomic E-state index is 0.207. The van der Waals surface area contributed by atoms with Gasteiger partial charge in [-0.3, -0.25) is 14.4 Å². The number of nitrogens with zero attached hydrogens (tertiary/aromatic N) is 2. The lowest BCUT2D eigenvalue weighted by molar-refractivity contribution is -0.151. The fourth-order valence-corrected chi connectivity index (χ4v) is 2.84. The molecule has 0 bridgehead atoms. The number of piperazine rings is 1. The molecule has 2 aromatic rings. The van der Waals surface area contributed by atoms with Gasteiger partial charge in [0.2, 0.25) is 11.8 Å². The van der Waals surface area contributed by atoms with Crippen molar-refractivity contribution in [1.82, 2.24) is 15.2 Å². The van der Waals surface area contributed by atoms with Gasteiger partial charge in [0, 0.05) is 31.4 Å². The predicted molar refractivity (Wildman–Crippen MR) is 101 cm³/mol. The number of rotatable bonds is 7. The van der Waals surface area contributed by atoms with E-state index in [1.165, 1.54) is 12.0 Å². The van der Waals surface area contributed by atoms with Crippen molar-refractivity contribution >= 4 is 17.8 Å². The molecule has 1 saturated heterocycles. The van der Waals surface area contributed by atoms with Gasteiger partial charge in [-0.1, -0.05) is 12.1 Å². The third kappa shape index (κ3) is 5.44. The van der Waals surface area contributed by atoms with Gasteiger partial charge in [-0.2, -0.15) is 0 Å². The number of amides is 2. The van der Waals surface area contributed by atoms with Crippen LogP contribution in [0.3, 0.4) is 0 Å². The number of esters is 1. The molecule has 0 radical (unpaired) electrons. The number of hydrogen-bond donors (Lipinski definition) is 1. The Morgan fingerprint density at radius 1 is 1.21 bits per heavy atom. The molecule has 0 unspecified atom stereocenters. The van der Waals surface area contributed by atoms with Crippen molar-refractivity contribution in [3.8, 4) is 17.4 Å². The minimum Gasteiger partial charge on any atom is -0.484 e. The van der Waals surface area contributed by atoms with Gasteiger partial charge in [-0.25, -0.2) is 4.98 Å². The van der Waals surface area contributed by atoms with Crippen LogP contribution in [-0.4, -0.2) is 60.5 Å². The molecule has 0 aliphatic carbocycles. The van der Waals surface area contributed by atoms with Gasteiger partial charge in [-0.05, 0) is 18.2 Å². The largest absolute Gasteiger partial charge is 0.484 e. The molecule has 3 rings (SSSR count). The van der Waals surface area contributed by atoms with Crippen LogP contribution in [-0.2, 0) is 19.1 Å². The van der Waals surface area contributed by atoms with Crippen LogP contribution in [0.4, 0.5) is 0 Å². The van der Waals surface area contributed by atoms with Crippen molar-refractivity contribution in [2.45, 2.75) is 12.5 Å². The monoisotopic (exact) mass is 399 g/mol. The van der Waals surface area contributed by atoms with Crippen molar-refractivity contribution in [3.05, 3.63) is 48.7 Å². The highest BCUT2D eigenvalue weighted by Crippen LogP contribution is 2.24. The third-order valence-electron chi connectivity index (χ3n) is 4.27. The smallest absolute Gasteiger partial charge is 0.308 e. The summed E-state index contributed by atoms with van der Waals surface area (Å²) in [4.78, 5) is 41.7. The molecular formula is C20H21N3O6. The summed E-state index contributed by atoms with van der Waals surface area (Å²) in [5.74, 6) is 0.0220. The summed E-state index contributed by atoms with van der Waals surface area (Å²) < 4.78 is 15.8. The quantitative estimate of drug-likeness (QED) is 0.696. The van der Waals surface area contributed by atoms with Gasteiger partial charge < -0.3 is 24.4 Å². The molecule has 0 spiro atoms. The Balaban J connectivity index is 1.61. The van der Waals surface area contributed by atoms with Gasteiger partial charge in [0.25, 0.3) is 5.91 Å². The minimum atomic E-state index is -0.911. The first-order valence-electron chi connectivity index (χ1n) is 9.02. The number of methoxy groups -OCH3 is 1. The Morgan fingerprint density at radius 2 is 2.03 bits per heavy atom. The van der Waals surface area contributed by atoms with Crippen LogP contribution < -0.4 is 14.8 Å². The van der Waals surface area contributed by atoms with Crippen LogP contribution in [0.2, 0.25) is 0 Å². The number of nitrogens with one attached hydrogen (secondary N) is 1. The maximum absolute atomic E-state index is 12.6. The normalized spacial score (nSPS) is 16.0. The molecule has 2 heterocycles. The number of ether oxygens (including phenoxy) is 3. The summed E-state index contributed by atoms with van der Waals surface area (Å²) in [5.41, 5.74) is 0. The summed E-state index contributed by atoms with van der Waals surface area (Å²) in [5, 5.41) is 2.65. The SMILES string of the molecule is COC(=O)C[C@H]1C(=O)NCCN1C(=O)COc1cccc(Oc2ccccn2)c1. The summed E-state index contributed by atoms with van der Waals surface area (Å²) in [6.45, 7) is 0.325. The second-order valence-electron chi connectivity index (χ2n) is 6.21. The Bertz CT molecular complexity index is 874. The standard InChI is InChI=1S/C20H21N3O6/c1-27-19(25)12-16-20(26)22-9-10-23(16)18(24)13-28-14-5-4-6-15(11-14)29-17-7-2-3-8-21-17/h2-8,11,16H,9-10,12-13H2,1H3,(H,22,26)/t16-/m0/s1. The zero-order chi connectivity index (χ0) is 20.6. The Kier molecular flexibility index (Phi) is 6.62. The van der Waals surface area contributed by atoms with Crippen LogP contribution in [0.15, 0.2) is 48.7 Å². The molecule has 9 nitrogen and oxygen atoms in total. The highest BCUT2D eigenvalue weighted by Gasteiger charge is 2.35. The van der Waals surface area contributed by atoms with Crippen LogP contribution in [0.1, 0.15) is 6.42 Å². The predicted octanol–water partition coefficient (Wildman–Crippen LogP) is 1.14. The van der Waals surface area contributed by atoms with E-state index in [9.17, 15) is 14.4 Å². The zero-order valence-corrected chi connectivity index (χ0v) is 15.9.